The van der Waals surface area contributed by atoms with E-state index in [1.807, 2.05) is 0 Å². The first-order valence-corrected chi connectivity index (χ1v) is 6.67. The summed E-state index contributed by atoms with van der Waals surface area (Å²) in [6, 6.07) is 11.5. The second kappa shape index (κ2) is 5.19. The smallest absolute Gasteiger partial charge is 0.0351 e. The van der Waals surface area contributed by atoms with Gasteiger partial charge in [-0.25, -0.2) is 0 Å². The molecular formula is C15H24N2. The van der Waals surface area contributed by atoms with Crippen LogP contribution in [0.25, 0.3) is 0 Å². The zero-order chi connectivity index (χ0) is 12.3. The quantitative estimate of drug-likeness (QED) is 0.862. The number of hydrogen-bond donors (Lipinski definition) is 1. The molecule has 0 aromatic heterocycles. The first kappa shape index (κ1) is 12.6. The Kier molecular flexibility index (Phi) is 3.85. The molecule has 17 heavy (non-hydrogen) atoms. The monoisotopic (exact) mass is 232 g/mol. The summed E-state index contributed by atoms with van der Waals surface area (Å²) in [4.78, 5) is 2.65. The van der Waals surface area contributed by atoms with Crippen LogP contribution in [0, 0.1) is 0 Å². The summed E-state index contributed by atoms with van der Waals surface area (Å²) in [6.45, 7) is 10.3. The predicted molar refractivity (Wildman–Crippen MR) is 73.1 cm³/mol. The molecule has 1 atom stereocenters. The van der Waals surface area contributed by atoms with Crippen molar-refractivity contribution in [1.29, 1.82) is 0 Å². The molecule has 1 aliphatic rings. The van der Waals surface area contributed by atoms with Crippen molar-refractivity contribution in [3.8, 4) is 0 Å². The molecule has 0 amide bonds. The number of nitrogens with one attached hydrogen (secondary N) is 1. The van der Waals surface area contributed by atoms with E-state index in [1.165, 1.54) is 12.0 Å². The Hall–Kier alpha value is -0.860. The number of nitrogens with zero attached hydrogens (tertiary/aromatic N) is 1. The van der Waals surface area contributed by atoms with Crippen LogP contribution in [-0.2, 0) is 0 Å². The van der Waals surface area contributed by atoms with E-state index in [1.54, 1.807) is 0 Å². The first-order valence-electron chi connectivity index (χ1n) is 6.67. The summed E-state index contributed by atoms with van der Waals surface area (Å²) in [6.07, 6.45) is 1.17. The molecule has 2 heteroatoms. The lowest BCUT2D eigenvalue weighted by atomic mass is 9.93. The van der Waals surface area contributed by atoms with Gasteiger partial charge in [0.1, 0.15) is 0 Å². The van der Waals surface area contributed by atoms with Crippen LogP contribution < -0.4 is 5.32 Å². The third-order valence-electron chi connectivity index (χ3n) is 3.81. The molecule has 1 fully saturated rings. The molecule has 1 aromatic carbocycles. The molecule has 0 bridgehead atoms. The Morgan fingerprint density at radius 3 is 2.59 bits per heavy atom. The highest BCUT2D eigenvalue weighted by molar-refractivity contribution is 5.20. The predicted octanol–water partition coefficient (Wildman–Crippen LogP) is 2.82. The van der Waals surface area contributed by atoms with Gasteiger partial charge >= 0.3 is 0 Å². The van der Waals surface area contributed by atoms with Gasteiger partial charge in [-0.05, 0) is 25.8 Å². The van der Waals surface area contributed by atoms with E-state index in [-0.39, 0.29) is 5.54 Å². The molecule has 1 unspecified atom stereocenters. The van der Waals surface area contributed by atoms with Crippen molar-refractivity contribution in [2.45, 2.75) is 38.8 Å². The molecular weight excluding hydrogens is 208 g/mol. The van der Waals surface area contributed by atoms with Gasteiger partial charge in [-0.1, -0.05) is 37.3 Å². The lowest BCUT2D eigenvalue weighted by molar-refractivity contribution is 0.0422. The Balaban J connectivity index is 2.23. The zero-order valence-corrected chi connectivity index (χ0v) is 11.2. The average molecular weight is 232 g/mol. The Labute approximate surface area is 105 Å². The summed E-state index contributed by atoms with van der Waals surface area (Å²) in [5, 5.41) is 3.49. The number of hydrogen-bond acceptors (Lipinski definition) is 2. The van der Waals surface area contributed by atoms with Crippen molar-refractivity contribution in [2.75, 3.05) is 19.6 Å². The van der Waals surface area contributed by atoms with Gasteiger partial charge in [0.15, 0.2) is 0 Å². The fourth-order valence-electron chi connectivity index (χ4n) is 2.89. The fraction of sp³-hybridized carbons (Fsp3) is 0.600. The van der Waals surface area contributed by atoms with Gasteiger partial charge in [-0.15, -0.1) is 0 Å². The maximum absolute atomic E-state index is 3.49. The van der Waals surface area contributed by atoms with E-state index >= 15 is 0 Å². The minimum atomic E-state index is 0.245. The van der Waals surface area contributed by atoms with Gasteiger partial charge in [0, 0.05) is 31.2 Å². The molecule has 94 valence electrons. The van der Waals surface area contributed by atoms with Gasteiger partial charge < -0.3 is 5.32 Å². The van der Waals surface area contributed by atoms with Crippen LogP contribution in [0.15, 0.2) is 30.3 Å². The van der Waals surface area contributed by atoms with Gasteiger partial charge in [0.2, 0.25) is 0 Å². The van der Waals surface area contributed by atoms with E-state index in [4.69, 9.17) is 0 Å². The molecule has 1 aromatic rings. The number of rotatable bonds is 3. The van der Waals surface area contributed by atoms with Crippen molar-refractivity contribution < 1.29 is 0 Å². The van der Waals surface area contributed by atoms with E-state index in [2.05, 4.69) is 61.3 Å². The molecule has 1 heterocycles. The van der Waals surface area contributed by atoms with Gasteiger partial charge in [-0.2, -0.15) is 0 Å². The SMILES string of the molecule is CCC(c1ccccc1)N1CCNCC1(C)C. The lowest BCUT2D eigenvalue weighted by Crippen LogP contribution is -2.58. The van der Waals surface area contributed by atoms with Crippen molar-refractivity contribution in [3.63, 3.8) is 0 Å². The van der Waals surface area contributed by atoms with E-state index in [0.29, 0.717) is 6.04 Å². The molecule has 0 spiro atoms. The standard InChI is InChI=1S/C15H24N2/c1-4-14(13-8-6-5-7-9-13)17-11-10-16-12-15(17,2)3/h5-9,14,16H,4,10-12H2,1-3H3. The molecule has 1 saturated heterocycles. The Morgan fingerprint density at radius 2 is 2.00 bits per heavy atom. The minimum absolute atomic E-state index is 0.245. The third-order valence-corrected chi connectivity index (χ3v) is 3.81. The van der Waals surface area contributed by atoms with Gasteiger partial charge in [0.25, 0.3) is 0 Å². The fourth-order valence-corrected chi connectivity index (χ4v) is 2.89. The summed E-state index contributed by atoms with van der Waals surface area (Å²) >= 11 is 0. The molecule has 1 aliphatic heterocycles. The topological polar surface area (TPSA) is 15.3 Å². The number of benzene rings is 1. The van der Waals surface area contributed by atoms with E-state index in [0.717, 1.165) is 19.6 Å². The van der Waals surface area contributed by atoms with Crippen LogP contribution in [0.4, 0.5) is 0 Å². The van der Waals surface area contributed by atoms with Crippen LogP contribution in [0.3, 0.4) is 0 Å². The first-order chi connectivity index (χ1) is 8.15. The second-order valence-corrected chi connectivity index (χ2v) is 5.52. The van der Waals surface area contributed by atoms with Crippen LogP contribution in [0.2, 0.25) is 0 Å². The van der Waals surface area contributed by atoms with Crippen LogP contribution in [0.1, 0.15) is 38.8 Å². The molecule has 0 saturated carbocycles. The van der Waals surface area contributed by atoms with Crippen molar-refractivity contribution >= 4 is 0 Å². The highest BCUT2D eigenvalue weighted by Gasteiger charge is 2.34. The van der Waals surface area contributed by atoms with Crippen LogP contribution in [0.5, 0.6) is 0 Å². The minimum Gasteiger partial charge on any atom is -0.314 e. The van der Waals surface area contributed by atoms with Crippen molar-refractivity contribution in [3.05, 3.63) is 35.9 Å². The van der Waals surface area contributed by atoms with E-state index < -0.39 is 0 Å². The highest BCUT2D eigenvalue weighted by Crippen LogP contribution is 2.31. The summed E-state index contributed by atoms with van der Waals surface area (Å²) in [5.41, 5.74) is 1.69. The molecule has 2 nitrogen and oxygen atoms in total. The maximum atomic E-state index is 3.49. The van der Waals surface area contributed by atoms with Crippen LogP contribution in [-0.4, -0.2) is 30.1 Å². The molecule has 2 rings (SSSR count). The van der Waals surface area contributed by atoms with E-state index in [9.17, 15) is 0 Å². The lowest BCUT2D eigenvalue weighted by Gasteiger charge is -2.47. The van der Waals surface area contributed by atoms with Gasteiger partial charge in [-0.3, -0.25) is 4.90 Å². The normalized spacial score (nSPS) is 22.3. The maximum Gasteiger partial charge on any atom is 0.0351 e. The van der Waals surface area contributed by atoms with Crippen molar-refractivity contribution in [1.82, 2.24) is 10.2 Å². The third kappa shape index (κ3) is 2.70. The molecule has 1 N–H and O–H groups in total. The molecule has 0 radical (unpaired) electrons. The summed E-state index contributed by atoms with van der Waals surface area (Å²) in [7, 11) is 0. The second-order valence-electron chi connectivity index (χ2n) is 5.52. The van der Waals surface area contributed by atoms with Crippen molar-refractivity contribution in [2.24, 2.45) is 0 Å². The highest BCUT2D eigenvalue weighted by atomic mass is 15.3. The number of piperazine rings is 1. The summed E-state index contributed by atoms with van der Waals surface area (Å²) < 4.78 is 0. The Bertz CT molecular complexity index is 345. The largest absolute Gasteiger partial charge is 0.314 e. The zero-order valence-electron chi connectivity index (χ0n) is 11.2. The molecule has 0 aliphatic carbocycles. The van der Waals surface area contributed by atoms with Gasteiger partial charge in [0.05, 0.1) is 0 Å². The van der Waals surface area contributed by atoms with Crippen LogP contribution >= 0.6 is 0 Å². The summed E-state index contributed by atoms with van der Waals surface area (Å²) in [5.74, 6) is 0. The average Bonchev–Trinajstić information content (AvgIpc) is 2.33. The Morgan fingerprint density at radius 1 is 1.29 bits per heavy atom.